The van der Waals surface area contributed by atoms with E-state index in [2.05, 4.69) is 14.7 Å². The van der Waals surface area contributed by atoms with Crippen molar-refractivity contribution in [1.82, 2.24) is 9.97 Å². The number of nitrogens with zero attached hydrogens (tertiary/aromatic N) is 2. The van der Waals surface area contributed by atoms with E-state index in [1.165, 1.54) is 24.3 Å². The molecule has 0 saturated heterocycles. The third kappa shape index (κ3) is 2.93. The zero-order chi connectivity index (χ0) is 15.7. The molecule has 7 heteroatoms. The van der Waals surface area contributed by atoms with Crippen LogP contribution < -0.4 is 10.5 Å². The van der Waals surface area contributed by atoms with E-state index >= 15 is 0 Å². The molecule has 0 amide bonds. The van der Waals surface area contributed by atoms with Crippen molar-refractivity contribution in [3.05, 3.63) is 48.7 Å². The molecule has 2 N–H and O–H groups in total. The molecule has 4 nitrogen and oxygen atoms in total. The number of nitrogen functional groups attached to an aromatic ring is 1. The predicted molar refractivity (Wildman–Crippen MR) is 76.1 cm³/mol. The first-order chi connectivity index (χ1) is 10.4. The maximum atomic E-state index is 12.1. The summed E-state index contributed by atoms with van der Waals surface area (Å²) in [6.45, 7) is 0. The highest BCUT2D eigenvalue weighted by atomic mass is 19.4. The Balaban J connectivity index is 1.98. The number of halogens is 3. The van der Waals surface area contributed by atoms with Crippen molar-refractivity contribution in [2.24, 2.45) is 0 Å². The first kappa shape index (κ1) is 14.1. The van der Waals surface area contributed by atoms with Crippen LogP contribution in [0, 0.1) is 0 Å². The first-order valence-corrected chi connectivity index (χ1v) is 6.30. The number of nitrogens with two attached hydrogens (primary N) is 1. The standard InChI is InChI=1S/C15H10F3N3O/c16-15(17,18)22-11-5-3-9(4-6-11)13-12(19)8-10-2-1-7-20-14(10)21-13/h1-8H,19H2. The van der Waals surface area contributed by atoms with Gasteiger partial charge >= 0.3 is 6.36 Å². The predicted octanol–water partition coefficient (Wildman–Crippen LogP) is 3.78. The van der Waals surface area contributed by atoms with Gasteiger partial charge in [-0.3, -0.25) is 0 Å². The highest BCUT2D eigenvalue weighted by molar-refractivity contribution is 5.85. The topological polar surface area (TPSA) is 61.0 Å². The van der Waals surface area contributed by atoms with Gasteiger partial charge in [-0.2, -0.15) is 0 Å². The Kier molecular flexibility index (Phi) is 3.32. The lowest BCUT2D eigenvalue weighted by molar-refractivity contribution is -0.274. The summed E-state index contributed by atoms with van der Waals surface area (Å²) in [6.07, 6.45) is -3.11. The molecular formula is C15H10F3N3O. The van der Waals surface area contributed by atoms with E-state index in [0.29, 0.717) is 22.6 Å². The molecule has 0 bridgehead atoms. The van der Waals surface area contributed by atoms with Crippen LogP contribution in [0.2, 0.25) is 0 Å². The van der Waals surface area contributed by atoms with Crippen molar-refractivity contribution < 1.29 is 17.9 Å². The fraction of sp³-hybridized carbons (Fsp3) is 0.0667. The van der Waals surface area contributed by atoms with E-state index in [1.807, 2.05) is 6.07 Å². The second kappa shape index (κ2) is 5.18. The van der Waals surface area contributed by atoms with Crippen LogP contribution in [0.15, 0.2) is 48.7 Å². The minimum absolute atomic E-state index is 0.297. The van der Waals surface area contributed by atoms with Crippen molar-refractivity contribution in [1.29, 1.82) is 0 Å². The summed E-state index contributed by atoms with van der Waals surface area (Å²) < 4.78 is 40.3. The van der Waals surface area contributed by atoms with Gasteiger partial charge in [0, 0.05) is 17.1 Å². The molecule has 112 valence electrons. The molecule has 0 saturated carbocycles. The van der Waals surface area contributed by atoms with Gasteiger partial charge in [-0.1, -0.05) is 0 Å². The normalized spacial score (nSPS) is 11.6. The minimum Gasteiger partial charge on any atom is -0.406 e. The summed E-state index contributed by atoms with van der Waals surface area (Å²) in [5, 5.41) is 0.792. The van der Waals surface area contributed by atoms with Crippen LogP contribution in [0.1, 0.15) is 0 Å². The van der Waals surface area contributed by atoms with Crippen LogP contribution >= 0.6 is 0 Å². The van der Waals surface area contributed by atoms with Crippen LogP contribution in [0.3, 0.4) is 0 Å². The van der Waals surface area contributed by atoms with Gasteiger partial charge in [-0.25, -0.2) is 9.97 Å². The van der Waals surface area contributed by atoms with Crippen molar-refractivity contribution >= 4 is 16.7 Å². The number of fused-ring (bicyclic) bond motifs is 1. The SMILES string of the molecule is Nc1cc2cccnc2nc1-c1ccc(OC(F)(F)F)cc1. The van der Waals surface area contributed by atoms with Crippen LogP contribution in [-0.4, -0.2) is 16.3 Å². The fourth-order valence-electron chi connectivity index (χ4n) is 2.07. The summed E-state index contributed by atoms with van der Waals surface area (Å²) in [6, 6.07) is 10.7. The Morgan fingerprint density at radius 1 is 1.05 bits per heavy atom. The summed E-state index contributed by atoms with van der Waals surface area (Å²) >= 11 is 0. The Labute approximate surface area is 123 Å². The number of anilines is 1. The average Bonchev–Trinajstić information content (AvgIpc) is 2.46. The Hall–Kier alpha value is -2.83. The fourth-order valence-corrected chi connectivity index (χ4v) is 2.07. The lowest BCUT2D eigenvalue weighted by Gasteiger charge is -2.10. The van der Waals surface area contributed by atoms with E-state index < -0.39 is 6.36 Å². The van der Waals surface area contributed by atoms with Crippen LogP contribution in [0.5, 0.6) is 5.75 Å². The van der Waals surface area contributed by atoms with Gasteiger partial charge < -0.3 is 10.5 Å². The highest BCUT2D eigenvalue weighted by Crippen LogP contribution is 2.29. The first-order valence-electron chi connectivity index (χ1n) is 6.30. The number of aromatic nitrogens is 2. The number of benzene rings is 1. The van der Waals surface area contributed by atoms with Gasteiger partial charge in [0.05, 0.1) is 11.4 Å². The Bertz CT molecular complexity index is 816. The van der Waals surface area contributed by atoms with Crippen molar-refractivity contribution in [2.75, 3.05) is 5.73 Å². The summed E-state index contributed by atoms with van der Waals surface area (Å²) in [5.74, 6) is -0.297. The van der Waals surface area contributed by atoms with E-state index in [-0.39, 0.29) is 5.75 Å². The van der Waals surface area contributed by atoms with Gasteiger partial charge in [-0.15, -0.1) is 13.2 Å². The zero-order valence-corrected chi connectivity index (χ0v) is 11.1. The van der Waals surface area contributed by atoms with Gasteiger partial charge in [-0.05, 0) is 42.5 Å². The molecule has 1 aromatic carbocycles. The van der Waals surface area contributed by atoms with Crippen LogP contribution in [0.25, 0.3) is 22.3 Å². The molecule has 0 spiro atoms. The minimum atomic E-state index is -4.72. The molecule has 0 fully saturated rings. The van der Waals surface area contributed by atoms with E-state index in [1.54, 1.807) is 18.3 Å². The number of rotatable bonds is 2. The maximum Gasteiger partial charge on any atom is 0.573 e. The molecule has 0 atom stereocenters. The van der Waals surface area contributed by atoms with Crippen LogP contribution in [0.4, 0.5) is 18.9 Å². The summed E-state index contributed by atoms with van der Waals surface area (Å²) in [4.78, 5) is 8.48. The lowest BCUT2D eigenvalue weighted by Crippen LogP contribution is -2.16. The molecule has 0 radical (unpaired) electrons. The van der Waals surface area contributed by atoms with Crippen molar-refractivity contribution in [3.63, 3.8) is 0 Å². The average molecular weight is 305 g/mol. The van der Waals surface area contributed by atoms with Gasteiger partial charge in [0.1, 0.15) is 5.75 Å². The second-order valence-corrected chi connectivity index (χ2v) is 4.55. The van der Waals surface area contributed by atoms with E-state index in [4.69, 9.17) is 5.73 Å². The second-order valence-electron chi connectivity index (χ2n) is 4.55. The Morgan fingerprint density at radius 3 is 2.45 bits per heavy atom. The van der Waals surface area contributed by atoms with Gasteiger partial charge in [0.25, 0.3) is 0 Å². The van der Waals surface area contributed by atoms with E-state index in [9.17, 15) is 13.2 Å². The number of ether oxygens (including phenoxy) is 1. The molecule has 2 aromatic heterocycles. The van der Waals surface area contributed by atoms with Crippen molar-refractivity contribution in [3.8, 4) is 17.0 Å². The lowest BCUT2D eigenvalue weighted by atomic mass is 10.1. The summed E-state index contributed by atoms with van der Waals surface area (Å²) in [5.41, 5.74) is 7.94. The number of alkyl halides is 3. The molecule has 0 aliphatic rings. The quantitative estimate of drug-likeness (QED) is 0.782. The van der Waals surface area contributed by atoms with Crippen molar-refractivity contribution in [2.45, 2.75) is 6.36 Å². The zero-order valence-electron chi connectivity index (χ0n) is 11.1. The number of hydrogen-bond donors (Lipinski definition) is 1. The third-order valence-corrected chi connectivity index (χ3v) is 2.98. The number of pyridine rings is 2. The molecule has 0 aliphatic heterocycles. The third-order valence-electron chi connectivity index (χ3n) is 2.98. The monoisotopic (exact) mass is 305 g/mol. The molecule has 22 heavy (non-hydrogen) atoms. The van der Waals surface area contributed by atoms with Crippen LogP contribution in [-0.2, 0) is 0 Å². The van der Waals surface area contributed by atoms with Gasteiger partial charge in [0.2, 0.25) is 0 Å². The highest BCUT2D eigenvalue weighted by Gasteiger charge is 2.31. The molecule has 3 rings (SSSR count). The molecule has 3 aromatic rings. The number of hydrogen-bond acceptors (Lipinski definition) is 4. The molecular weight excluding hydrogens is 295 g/mol. The van der Waals surface area contributed by atoms with E-state index in [0.717, 1.165) is 5.39 Å². The smallest absolute Gasteiger partial charge is 0.406 e. The van der Waals surface area contributed by atoms with Gasteiger partial charge in [0.15, 0.2) is 5.65 Å². The Morgan fingerprint density at radius 2 is 1.77 bits per heavy atom. The molecule has 2 heterocycles. The molecule has 0 unspecified atom stereocenters. The molecule has 0 aliphatic carbocycles. The summed E-state index contributed by atoms with van der Waals surface area (Å²) in [7, 11) is 0. The largest absolute Gasteiger partial charge is 0.573 e. The maximum absolute atomic E-state index is 12.1.